The molecule has 0 saturated heterocycles. The van der Waals surface area contributed by atoms with E-state index >= 15 is 0 Å². The molecule has 0 bridgehead atoms. The molecular weight excluding hydrogens is 450 g/mol. The van der Waals surface area contributed by atoms with Gasteiger partial charge in [-0.15, -0.1) is 0 Å². The molecule has 34 heavy (non-hydrogen) atoms. The number of carbonyl (C=O) groups is 1. The number of carbonyl (C=O) groups excluding carboxylic acids is 1. The van der Waals surface area contributed by atoms with Crippen molar-refractivity contribution in [2.24, 2.45) is 0 Å². The zero-order valence-electron chi connectivity index (χ0n) is 18.3. The molecule has 0 unspecified atom stereocenters. The van der Waals surface area contributed by atoms with E-state index in [9.17, 15) is 9.59 Å². The summed E-state index contributed by atoms with van der Waals surface area (Å²) in [5.41, 5.74) is 3.43. The number of rotatable bonds is 5. The predicted molar refractivity (Wildman–Crippen MR) is 131 cm³/mol. The van der Waals surface area contributed by atoms with Crippen molar-refractivity contribution in [2.75, 3.05) is 7.05 Å². The summed E-state index contributed by atoms with van der Waals surface area (Å²) in [7, 11) is 1.66. The number of hydrogen-bond donors (Lipinski definition) is 0. The smallest absolute Gasteiger partial charge is 0.270 e. The van der Waals surface area contributed by atoms with Crippen LogP contribution >= 0.6 is 11.6 Å². The Morgan fingerprint density at radius 3 is 2.50 bits per heavy atom. The molecule has 0 aliphatic carbocycles. The Morgan fingerprint density at radius 1 is 1.00 bits per heavy atom. The summed E-state index contributed by atoms with van der Waals surface area (Å²) < 4.78 is 3.15. The third-order valence-corrected chi connectivity index (χ3v) is 5.78. The van der Waals surface area contributed by atoms with Gasteiger partial charge in [0.1, 0.15) is 11.2 Å². The van der Waals surface area contributed by atoms with Gasteiger partial charge in [0.05, 0.1) is 11.4 Å². The summed E-state index contributed by atoms with van der Waals surface area (Å²) in [5.74, 6) is -0.412. The van der Waals surface area contributed by atoms with E-state index in [1.165, 1.54) is 15.5 Å². The van der Waals surface area contributed by atoms with Crippen molar-refractivity contribution in [1.29, 1.82) is 0 Å². The van der Waals surface area contributed by atoms with Crippen LogP contribution in [0, 0.1) is 0 Å². The second kappa shape index (κ2) is 8.96. The van der Waals surface area contributed by atoms with Gasteiger partial charge in [-0.2, -0.15) is 5.10 Å². The molecule has 3 aromatic heterocycles. The van der Waals surface area contributed by atoms with Gasteiger partial charge in [-0.3, -0.25) is 14.0 Å². The average molecular weight is 470 g/mol. The van der Waals surface area contributed by atoms with Gasteiger partial charge < -0.3 is 4.90 Å². The average Bonchev–Trinajstić information content (AvgIpc) is 3.28. The van der Waals surface area contributed by atoms with Gasteiger partial charge in [0.25, 0.3) is 11.5 Å². The first-order valence-electron chi connectivity index (χ1n) is 10.6. The van der Waals surface area contributed by atoms with Gasteiger partial charge in [0.15, 0.2) is 0 Å². The normalized spacial score (nSPS) is 11.0. The van der Waals surface area contributed by atoms with Crippen LogP contribution in [0.1, 0.15) is 15.9 Å². The van der Waals surface area contributed by atoms with Gasteiger partial charge in [-0.25, -0.2) is 9.67 Å². The highest BCUT2D eigenvalue weighted by Crippen LogP contribution is 2.26. The number of aromatic nitrogens is 4. The first-order chi connectivity index (χ1) is 16.5. The van der Waals surface area contributed by atoms with E-state index < -0.39 is 11.5 Å². The SMILES string of the molecule is CN(Cc1cn(-c2ccccc2)nc1-c1ccc(Cl)cc1)C(=O)c1cnc2ccccn2c1=O. The third kappa shape index (κ3) is 4.09. The van der Waals surface area contributed by atoms with Gasteiger partial charge in [0.2, 0.25) is 0 Å². The molecule has 1 amide bonds. The minimum atomic E-state index is -0.412. The monoisotopic (exact) mass is 469 g/mol. The summed E-state index contributed by atoms with van der Waals surface area (Å²) >= 11 is 6.07. The van der Waals surface area contributed by atoms with Crippen molar-refractivity contribution >= 4 is 23.2 Å². The van der Waals surface area contributed by atoms with Crippen LogP contribution in [0.4, 0.5) is 0 Å². The maximum Gasteiger partial charge on any atom is 0.270 e. The zero-order valence-corrected chi connectivity index (χ0v) is 19.1. The largest absolute Gasteiger partial charge is 0.337 e. The van der Waals surface area contributed by atoms with Crippen molar-refractivity contribution in [3.63, 3.8) is 0 Å². The Balaban J connectivity index is 1.51. The van der Waals surface area contributed by atoms with E-state index in [1.54, 1.807) is 48.3 Å². The minimum Gasteiger partial charge on any atom is -0.337 e. The Hall–Kier alpha value is -4.23. The lowest BCUT2D eigenvalue weighted by Gasteiger charge is -2.17. The van der Waals surface area contributed by atoms with E-state index in [-0.39, 0.29) is 12.1 Å². The molecule has 0 fully saturated rings. The second-order valence-electron chi connectivity index (χ2n) is 7.86. The standard InChI is InChI=1S/C26H20ClN5O2/c1-30(25(33)22-15-28-23-9-5-6-14-31(23)26(22)34)16-19-17-32(21-7-3-2-4-8-21)29-24(19)18-10-12-20(27)13-11-18/h2-15,17H,16H2,1H3. The Bertz CT molecular complexity index is 1540. The topological polar surface area (TPSA) is 72.5 Å². The highest BCUT2D eigenvalue weighted by molar-refractivity contribution is 6.30. The molecule has 5 rings (SSSR count). The summed E-state index contributed by atoms with van der Waals surface area (Å²) in [6.45, 7) is 0.251. The van der Waals surface area contributed by atoms with Gasteiger partial charge in [-0.05, 0) is 36.4 Å². The van der Waals surface area contributed by atoms with E-state index in [4.69, 9.17) is 16.7 Å². The molecule has 0 aliphatic rings. The number of pyridine rings is 1. The molecule has 0 aliphatic heterocycles. The van der Waals surface area contributed by atoms with Crippen LogP contribution in [0.3, 0.4) is 0 Å². The van der Waals surface area contributed by atoms with Gasteiger partial charge in [-0.1, -0.05) is 48.0 Å². The Labute approximate surface area is 200 Å². The lowest BCUT2D eigenvalue weighted by atomic mass is 10.1. The van der Waals surface area contributed by atoms with E-state index in [0.29, 0.717) is 10.7 Å². The predicted octanol–water partition coefficient (Wildman–Crippen LogP) is 4.47. The van der Waals surface area contributed by atoms with Crippen LogP contribution < -0.4 is 5.56 Å². The number of halogens is 1. The third-order valence-electron chi connectivity index (χ3n) is 5.53. The fourth-order valence-electron chi connectivity index (χ4n) is 3.80. The van der Waals surface area contributed by atoms with E-state index in [1.807, 2.05) is 48.7 Å². The number of amides is 1. The van der Waals surface area contributed by atoms with Gasteiger partial charge in [0, 0.05) is 48.3 Å². The van der Waals surface area contributed by atoms with Crippen LogP contribution in [0.5, 0.6) is 0 Å². The van der Waals surface area contributed by atoms with Crippen LogP contribution in [0.25, 0.3) is 22.6 Å². The number of fused-ring (bicyclic) bond motifs is 1. The number of nitrogens with zero attached hydrogens (tertiary/aromatic N) is 5. The van der Waals surface area contributed by atoms with Crippen molar-refractivity contribution in [3.05, 3.63) is 118 Å². The molecule has 8 heteroatoms. The van der Waals surface area contributed by atoms with E-state index in [2.05, 4.69) is 4.98 Å². The summed E-state index contributed by atoms with van der Waals surface area (Å²) in [6.07, 6.45) is 4.84. The molecule has 3 heterocycles. The van der Waals surface area contributed by atoms with Crippen molar-refractivity contribution in [3.8, 4) is 16.9 Å². The first-order valence-corrected chi connectivity index (χ1v) is 11.0. The van der Waals surface area contributed by atoms with E-state index in [0.717, 1.165) is 22.5 Å². The molecule has 7 nitrogen and oxygen atoms in total. The van der Waals surface area contributed by atoms with Crippen LogP contribution in [-0.4, -0.2) is 37.0 Å². The zero-order chi connectivity index (χ0) is 23.7. The molecular formula is C26H20ClN5O2. The van der Waals surface area contributed by atoms with Crippen LogP contribution in [0.2, 0.25) is 5.02 Å². The summed E-state index contributed by atoms with van der Waals surface area (Å²) in [6, 6.07) is 22.4. The quantitative estimate of drug-likeness (QED) is 0.380. The number of benzene rings is 2. The molecule has 0 saturated carbocycles. The van der Waals surface area contributed by atoms with Crippen LogP contribution in [-0.2, 0) is 6.54 Å². The van der Waals surface area contributed by atoms with Crippen molar-refractivity contribution < 1.29 is 4.79 Å². The highest BCUT2D eigenvalue weighted by atomic mass is 35.5. The highest BCUT2D eigenvalue weighted by Gasteiger charge is 2.21. The minimum absolute atomic E-state index is 0.00898. The molecule has 168 valence electrons. The summed E-state index contributed by atoms with van der Waals surface area (Å²) in [5, 5.41) is 5.41. The second-order valence-corrected chi connectivity index (χ2v) is 8.29. The molecule has 0 radical (unpaired) electrons. The molecule has 0 spiro atoms. The molecule has 0 atom stereocenters. The van der Waals surface area contributed by atoms with Gasteiger partial charge >= 0.3 is 0 Å². The van der Waals surface area contributed by atoms with Crippen molar-refractivity contribution in [1.82, 2.24) is 24.1 Å². The maximum atomic E-state index is 13.2. The first kappa shape index (κ1) is 21.6. The maximum absolute atomic E-state index is 13.2. The fraction of sp³-hybridized carbons (Fsp3) is 0.0769. The van der Waals surface area contributed by atoms with Crippen molar-refractivity contribution in [2.45, 2.75) is 6.54 Å². The molecule has 5 aromatic rings. The number of para-hydroxylation sites is 1. The lowest BCUT2D eigenvalue weighted by molar-refractivity contribution is 0.0783. The number of hydrogen-bond acceptors (Lipinski definition) is 4. The lowest BCUT2D eigenvalue weighted by Crippen LogP contribution is -2.33. The summed E-state index contributed by atoms with van der Waals surface area (Å²) in [4.78, 5) is 31.8. The molecule has 2 aromatic carbocycles. The molecule has 0 N–H and O–H groups in total. The fourth-order valence-corrected chi connectivity index (χ4v) is 3.92. The Morgan fingerprint density at radius 2 is 1.74 bits per heavy atom. The van der Waals surface area contributed by atoms with Crippen LogP contribution in [0.15, 0.2) is 96.2 Å². The Kier molecular flexibility index (Phi) is 5.69.